The minimum Gasteiger partial charge on any atom is -0.342 e. The number of nitrogens with zero attached hydrogens (tertiary/aromatic N) is 2. The van der Waals surface area contributed by atoms with Gasteiger partial charge in [-0.05, 0) is 31.4 Å². The molecule has 0 aromatic heterocycles. The first-order valence-corrected chi connectivity index (χ1v) is 6.88. The van der Waals surface area contributed by atoms with Crippen molar-refractivity contribution in [3.63, 3.8) is 0 Å². The van der Waals surface area contributed by atoms with Crippen molar-refractivity contribution in [2.45, 2.75) is 25.8 Å². The topological polar surface area (TPSA) is 56.1 Å². The van der Waals surface area contributed by atoms with Crippen LogP contribution in [0.4, 0.5) is 4.39 Å². The second-order valence-corrected chi connectivity index (χ2v) is 4.96. The van der Waals surface area contributed by atoms with E-state index in [-0.39, 0.29) is 19.0 Å². The molecule has 1 aliphatic rings. The summed E-state index contributed by atoms with van der Waals surface area (Å²) >= 11 is 0. The molecule has 106 valence electrons. The summed E-state index contributed by atoms with van der Waals surface area (Å²) in [5.74, 6) is -0.347. The number of likely N-dealkylation sites (tertiary alicyclic amines) is 1. The molecule has 1 saturated heterocycles. The van der Waals surface area contributed by atoms with Gasteiger partial charge in [0.1, 0.15) is 5.82 Å². The average molecular weight is 275 g/mol. The zero-order valence-electron chi connectivity index (χ0n) is 11.4. The van der Waals surface area contributed by atoms with Crippen LogP contribution in [0, 0.1) is 17.1 Å². The number of amides is 1. The highest BCUT2D eigenvalue weighted by molar-refractivity contribution is 5.78. The maximum atomic E-state index is 13.6. The Hall–Kier alpha value is -1.93. The lowest BCUT2D eigenvalue weighted by Gasteiger charge is -2.26. The second kappa shape index (κ2) is 7.01. The summed E-state index contributed by atoms with van der Waals surface area (Å²) in [6, 6.07) is 6.25. The highest BCUT2D eigenvalue weighted by Gasteiger charge is 2.15. The molecule has 1 fully saturated rings. The minimum absolute atomic E-state index is 0.0683. The van der Waals surface area contributed by atoms with E-state index in [0.29, 0.717) is 11.1 Å². The largest absolute Gasteiger partial charge is 0.342 e. The second-order valence-electron chi connectivity index (χ2n) is 4.96. The molecule has 1 aromatic rings. The van der Waals surface area contributed by atoms with Gasteiger partial charge < -0.3 is 10.2 Å². The molecule has 4 nitrogen and oxygen atoms in total. The Morgan fingerprint density at radius 1 is 1.35 bits per heavy atom. The molecule has 0 radical (unpaired) electrons. The normalized spacial score (nSPS) is 14.9. The number of nitriles is 1. The van der Waals surface area contributed by atoms with E-state index in [4.69, 9.17) is 5.26 Å². The van der Waals surface area contributed by atoms with E-state index in [2.05, 4.69) is 5.32 Å². The standard InChI is InChI=1S/C15H18FN3O/c16-14-8-12(9-17)4-5-13(14)10-18-11-15(20)19-6-2-1-3-7-19/h4-5,8,18H,1-3,6-7,10-11H2. The zero-order chi connectivity index (χ0) is 14.4. The summed E-state index contributed by atoms with van der Waals surface area (Å²) in [4.78, 5) is 13.8. The quantitative estimate of drug-likeness (QED) is 0.911. The Labute approximate surface area is 118 Å². The molecule has 1 amide bonds. The highest BCUT2D eigenvalue weighted by atomic mass is 19.1. The molecular weight excluding hydrogens is 257 g/mol. The summed E-state index contributed by atoms with van der Waals surface area (Å²) in [6.45, 7) is 2.16. The lowest BCUT2D eigenvalue weighted by atomic mass is 10.1. The Morgan fingerprint density at radius 3 is 2.75 bits per heavy atom. The minimum atomic E-state index is -0.415. The van der Waals surface area contributed by atoms with Crippen molar-refractivity contribution in [3.8, 4) is 6.07 Å². The zero-order valence-corrected chi connectivity index (χ0v) is 11.4. The van der Waals surface area contributed by atoms with Crippen molar-refractivity contribution in [1.82, 2.24) is 10.2 Å². The molecule has 2 rings (SSSR count). The fourth-order valence-electron chi connectivity index (χ4n) is 2.32. The summed E-state index contributed by atoms with van der Waals surface area (Å²) in [5.41, 5.74) is 0.770. The number of hydrogen-bond acceptors (Lipinski definition) is 3. The van der Waals surface area contributed by atoms with Gasteiger partial charge in [0.05, 0.1) is 18.2 Å². The summed E-state index contributed by atoms with van der Waals surface area (Å²) in [7, 11) is 0. The molecule has 1 N–H and O–H groups in total. The molecule has 1 aliphatic heterocycles. The first-order chi connectivity index (χ1) is 9.70. The van der Waals surface area contributed by atoms with Gasteiger partial charge in [-0.1, -0.05) is 6.07 Å². The van der Waals surface area contributed by atoms with Crippen molar-refractivity contribution in [1.29, 1.82) is 5.26 Å². The number of carbonyl (C=O) groups excluding carboxylic acids is 1. The lowest BCUT2D eigenvalue weighted by Crippen LogP contribution is -2.41. The van der Waals surface area contributed by atoms with Crippen molar-refractivity contribution in [3.05, 3.63) is 35.1 Å². The van der Waals surface area contributed by atoms with E-state index in [1.807, 2.05) is 11.0 Å². The third-order valence-electron chi connectivity index (χ3n) is 3.48. The van der Waals surface area contributed by atoms with E-state index in [9.17, 15) is 9.18 Å². The van der Waals surface area contributed by atoms with Gasteiger partial charge in [0.15, 0.2) is 0 Å². The van der Waals surface area contributed by atoms with Gasteiger partial charge in [-0.25, -0.2) is 4.39 Å². The predicted octanol–water partition coefficient (Wildman–Crippen LogP) is 1.80. The Morgan fingerprint density at radius 2 is 2.10 bits per heavy atom. The van der Waals surface area contributed by atoms with Crippen LogP contribution in [0.15, 0.2) is 18.2 Å². The summed E-state index contributed by atoms with van der Waals surface area (Å²) in [5, 5.41) is 11.6. The molecule has 0 atom stereocenters. The fourth-order valence-corrected chi connectivity index (χ4v) is 2.32. The van der Waals surface area contributed by atoms with Gasteiger partial charge in [-0.2, -0.15) is 5.26 Å². The molecule has 0 unspecified atom stereocenters. The van der Waals surface area contributed by atoms with E-state index >= 15 is 0 Å². The average Bonchev–Trinajstić information content (AvgIpc) is 2.49. The summed E-state index contributed by atoms with van der Waals surface area (Å²) < 4.78 is 13.6. The number of carbonyl (C=O) groups is 1. The molecule has 0 spiro atoms. The van der Waals surface area contributed by atoms with E-state index in [0.717, 1.165) is 25.9 Å². The Kier molecular flexibility index (Phi) is 5.08. The van der Waals surface area contributed by atoms with Gasteiger partial charge in [0, 0.05) is 25.2 Å². The third kappa shape index (κ3) is 3.78. The van der Waals surface area contributed by atoms with Crippen LogP contribution in [0.2, 0.25) is 0 Å². The number of nitrogens with one attached hydrogen (secondary N) is 1. The monoisotopic (exact) mass is 275 g/mol. The maximum absolute atomic E-state index is 13.6. The molecule has 1 heterocycles. The van der Waals surface area contributed by atoms with Gasteiger partial charge in [-0.15, -0.1) is 0 Å². The fraction of sp³-hybridized carbons (Fsp3) is 0.467. The molecule has 1 aromatic carbocycles. The van der Waals surface area contributed by atoms with E-state index in [1.165, 1.54) is 12.5 Å². The molecule has 0 saturated carbocycles. The van der Waals surface area contributed by atoms with Crippen LogP contribution in [0.25, 0.3) is 0 Å². The third-order valence-corrected chi connectivity index (χ3v) is 3.48. The van der Waals surface area contributed by atoms with Crippen LogP contribution < -0.4 is 5.32 Å². The predicted molar refractivity (Wildman–Crippen MR) is 73.3 cm³/mol. The van der Waals surface area contributed by atoms with Crippen LogP contribution in [0.1, 0.15) is 30.4 Å². The van der Waals surface area contributed by atoms with Crippen LogP contribution >= 0.6 is 0 Å². The van der Waals surface area contributed by atoms with Gasteiger partial charge in [-0.3, -0.25) is 4.79 Å². The molecule has 0 aliphatic carbocycles. The first kappa shape index (κ1) is 14.5. The number of piperidine rings is 1. The molecule has 20 heavy (non-hydrogen) atoms. The number of halogens is 1. The van der Waals surface area contributed by atoms with Crippen LogP contribution in [-0.2, 0) is 11.3 Å². The van der Waals surface area contributed by atoms with Crippen molar-refractivity contribution >= 4 is 5.91 Å². The Balaban J connectivity index is 1.80. The first-order valence-electron chi connectivity index (χ1n) is 6.88. The summed E-state index contributed by atoms with van der Waals surface area (Å²) in [6.07, 6.45) is 3.32. The number of benzene rings is 1. The van der Waals surface area contributed by atoms with Crippen molar-refractivity contribution in [2.75, 3.05) is 19.6 Å². The highest BCUT2D eigenvalue weighted by Crippen LogP contribution is 2.10. The molecule has 0 bridgehead atoms. The van der Waals surface area contributed by atoms with Crippen LogP contribution in [-0.4, -0.2) is 30.4 Å². The number of hydrogen-bond donors (Lipinski definition) is 1. The van der Waals surface area contributed by atoms with Gasteiger partial charge in [0.2, 0.25) is 5.91 Å². The van der Waals surface area contributed by atoms with Crippen molar-refractivity contribution < 1.29 is 9.18 Å². The van der Waals surface area contributed by atoms with Gasteiger partial charge in [0.25, 0.3) is 0 Å². The maximum Gasteiger partial charge on any atom is 0.236 e. The van der Waals surface area contributed by atoms with Crippen LogP contribution in [0.3, 0.4) is 0 Å². The molecular formula is C15H18FN3O. The lowest BCUT2D eigenvalue weighted by molar-refractivity contribution is -0.131. The van der Waals surface area contributed by atoms with E-state index < -0.39 is 5.82 Å². The SMILES string of the molecule is N#Cc1ccc(CNCC(=O)N2CCCCC2)c(F)c1. The Bertz CT molecular complexity index is 518. The van der Waals surface area contributed by atoms with Gasteiger partial charge >= 0.3 is 0 Å². The number of rotatable bonds is 4. The van der Waals surface area contributed by atoms with Crippen LogP contribution in [0.5, 0.6) is 0 Å². The van der Waals surface area contributed by atoms with Crippen molar-refractivity contribution in [2.24, 2.45) is 0 Å². The smallest absolute Gasteiger partial charge is 0.236 e. The van der Waals surface area contributed by atoms with E-state index in [1.54, 1.807) is 12.1 Å². The molecule has 5 heteroatoms.